The molecular formula is C37H34N4O5. The first-order chi connectivity index (χ1) is 22.4. The number of hydrogen-bond donors (Lipinski definition) is 0. The van der Waals surface area contributed by atoms with Crippen LogP contribution in [0.2, 0.25) is 0 Å². The third-order valence-electron chi connectivity index (χ3n) is 7.87. The molecule has 1 atom stereocenters. The van der Waals surface area contributed by atoms with Gasteiger partial charge in [-0.2, -0.15) is 0 Å². The normalized spacial score (nSPS) is 12.4. The Morgan fingerprint density at radius 2 is 1.61 bits per heavy atom. The number of aryl methyl sites for hydroxylation is 2. The fourth-order valence-corrected chi connectivity index (χ4v) is 5.72. The van der Waals surface area contributed by atoms with E-state index in [4.69, 9.17) is 14.3 Å². The molecule has 9 nitrogen and oxygen atoms in total. The average Bonchev–Trinajstić information content (AvgIpc) is 3.72. The smallest absolute Gasteiger partial charge is 0.445 e. The standard InChI is InChI=1S/C37H34N4O5/c1-5-41-33-15-11-27(20-31(33)32-21-28(12-16-34(32)41)36(42)26-9-7-6-8-10-26)35(39-46-37(43)40-18-17-38-23-40)30-14-13-29(19-24(30)2)45-25(3)22-44-4/h6-21,23,25H,5,22H2,1-4H3. The molecule has 2 heterocycles. The van der Waals surface area contributed by atoms with Crippen LogP contribution < -0.4 is 4.74 Å². The van der Waals surface area contributed by atoms with Crippen molar-refractivity contribution in [1.82, 2.24) is 14.1 Å². The first kappa shape index (κ1) is 30.5. The number of oxime groups is 1. The van der Waals surface area contributed by atoms with Crippen LogP contribution in [0.4, 0.5) is 4.79 Å². The van der Waals surface area contributed by atoms with Crippen LogP contribution in [0.3, 0.4) is 0 Å². The van der Waals surface area contributed by atoms with E-state index < -0.39 is 6.09 Å². The molecule has 0 aliphatic heterocycles. The Labute approximate surface area is 266 Å². The number of hydrogen-bond acceptors (Lipinski definition) is 7. The Morgan fingerprint density at radius 3 is 2.26 bits per heavy atom. The second-order valence-electron chi connectivity index (χ2n) is 11.0. The monoisotopic (exact) mass is 614 g/mol. The van der Waals surface area contributed by atoms with Crippen LogP contribution in [0.25, 0.3) is 21.8 Å². The van der Waals surface area contributed by atoms with Gasteiger partial charge >= 0.3 is 6.09 Å². The van der Waals surface area contributed by atoms with Gasteiger partial charge in [0, 0.05) is 70.1 Å². The van der Waals surface area contributed by atoms with E-state index in [1.54, 1.807) is 7.11 Å². The van der Waals surface area contributed by atoms with Crippen LogP contribution >= 0.6 is 0 Å². The lowest BCUT2D eigenvalue weighted by atomic mass is 9.96. The summed E-state index contributed by atoms with van der Waals surface area (Å²) < 4.78 is 14.7. The number of ketones is 1. The Morgan fingerprint density at radius 1 is 0.891 bits per heavy atom. The maximum Gasteiger partial charge on any atom is 0.445 e. The lowest BCUT2D eigenvalue weighted by Crippen LogP contribution is -2.18. The quantitative estimate of drug-likeness (QED) is 0.0690. The first-order valence-corrected chi connectivity index (χ1v) is 15.1. The van der Waals surface area contributed by atoms with E-state index in [-0.39, 0.29) is 11.9 Å². The Hall–Kier alpha value is -5.54. The van der Waals surface area contributed by atoms with Gasteiger partial charge in [-0.1, -0.05) is 41.6 Å². The molecule has 0 amide bonds. The van der Waals surface area contributed by atoms with Crippen molar-refractivity contribution in [2.24, 2.45) is 5.16 Å². The third-order valence-corrected chi connectivity index (χ3v) is 7.87. The van der Waals surface area contributed by atoms with Crippen molar-refractivity contribution in [2.45, 2.75) is 33.4 Å². The Balaban J connectivity index is 1.47. The molecule has 0 saturated heterocycles. The number of methoxy groups -OCH3 is 1. The predicted octanol–water partition coefficient (Wildman–Crippen LogP) is 7.40. The van der Waals surface area contributed by atoms with Crippen molar-refractivity contribution in [3.05, 3.63) is 131 Å². The summed E-state index contributed by atoms with van der Waals surface area (Å²) >= 11 is 0. The predicted molar refractivity (Wildman–Crippen MR) is 178 cm³/mol. The molecule has 0 fully saturated rings. The molecular weight excluding hydrogens is 580 g/mol. The number of carbonyl (C=O) groups is 2. The Kier molecular flexibility index (Phi) is 8.76. The minimum Gasteiger partial charge on any atom is -0.488 e. The van der Waals surface area contributed by atoms with E-state index in [1.165, 1.54) is 23.3 Å². The topological polar surface area (TPSA) is 96.9 Å². The third kappa shape index (κ3) is 6.05. The molecule has 0 saturated carbocycles. The van der Waals surface area contributed by atoms with E-state index in [0.29, 0.717) is 29.2 Å². The lowest BCUT2D eigenvalue weighted by molar-refractivity contribution is 0.0920. The molecule has 0 radical (unpaired) electrons. The van der Waals surface area contributed by atoms with Crippen molar-refractivity contribution < 1.29 is 23.9 Å². The molecule has 9 heteroatoms. The van der Waals surface area contributed by atoms with Crippen molar-refractivity contribution in [1.29, 1.82) is 0 Å². The van der Waals surface area contributed by atoms with Gasteiger partial charge in [-0.05, 0) is 74.9 Å². The van der Waals surface area contributed by atoms with Crippen LogP contribution in [0, 0.1) is 6.92 Å². The maximum atomic E-state index is 13.4. The summed E-state index contributed by atoms with van der Waals surface area (Å²) in [6.07, 6.45) is 3.53. The van der Waals surface area contributed by atoms with Crippen LogP contribution in [0.15, 0.2) is 109 Å². The highest BCUT2D eigenvalue weighted by atomic mass is 16.7. The summed E-state index contributed by atoms with van der Waals surface area (Å²) in [7, 11) is 1.64. The largest absolute Gasteiger partial charge is 0.488 e. The summed E-state index contributed by atoms with van der Waals surface area (Å²) in [4.78, 5) is 35.5. The van der Waals surface area contributed by atoms with Gasteiger partial charge in [0.1, 0.15) is 23.9 Å². The molecule has 0 aliphatic rings. The molecule has 1 unspecified atom stereocenters. The van der Waals surface area contributed by atoms with Crippen LogP contribution in [-0.4, -0.2) is 51.5 Å². The first-order valence-electron chi connectivity index (χ1n) is 15.1. The fraction of sp³-hybridized carbons (Fsp3) is 0.189. The van der Waals surface area contributed by atoms with E-state index in [2.05, 4.69) is 21.6 Å². The van der Waals surface area contributed by atoms with Gasteiger partial charge < -0.3 is 14.0 Å². The molecule has 232 valence electrons. The summed E-state index contributed by atoms with van der Waals surface area (Å²) in [5.74, 6) is 0.653. The maximum absolute atomic E-state index is 13.4. The van der Waals surface area contributed by atoms with Gasteiger partial charge in [0.2, 0.25) is 0 Å². The minimum atomic E-state index is -0.686. The van der Waals surface area contributed by atoms with Gasteiger partial charge in [-0.25, -0.2) is 14.3 Å². The molecule has 6 aromatic rings. The molecule has 6 rings (SSSR count). The zero-order chi connectivity index (χ0) is 32.2. The van der Waals surface area contributed by atoms with Crippen molar-refractivity contribution >= 4 is 39.4 Å². The molecule has 0 aliphatic carbocycles. The second-order valence-corrected chi connectivity index (χ2v) is 11.0. The number of nitrogens with zero attached hydrogens (tertiary/aromatic N) is 4. The van der Waals surface area contributed by atoms with Gasteiger partial charge in [-0.15, -0.1) is 0 Å². The summed E-state index contributed by atoms with van der Waals surface area (Å²) in [6.45, 7) is 7.20. The molecule has 2 aromatic heterocycles. The number of rotatable bonds is 10. The van der Waals surface area contributed by atoms with Crippen LogP contribution in [-0.2, 0) is 16.1 Å². The van der Waals surface area contributed by atoms with E-state index in [0.717, 1.165) is 45.0 Å². The highest BCUT2D eigenvalue weighted by Crippen LogP contribution is 2.32. The average molecular weight is 615 g/mol. The number of fused-ring (bicyclic) bond motifs is 3. The van der Waals surface area contributed by atoms with Crippen molar-refractivity contribution in [3.8, 4) is 5.75 Å². The fourth-order valence-electron chi connectivity index (χ4n) is 5.72. The number of aromatic nitrogens is 3. The molecule has 4 aromatic carbocycles. The summed E-state index contributed by atoms with van der Waals surface area (Å²) in [5, 5.41) is 6.30. The number of carbonyl (C=O) groups excluding carboxylic acids is 2. The van der Waals surface area contributed by atoms with E-state index >= 15 is 0 Å². The SMILES string of the molecule is CCn1c2ccc(C(=O)c3ccccc3)cc2c2cc(C(=NOC(=O)n3ccnc3)c3ccc(OC(C)COC)cc3C)ccc21. The lowest BCUT2D eigenvalue weighted by Gasteiger charge is -2.16. The van der Waals surface area contributed by atoms with Crippen LogP contribution in [0.1, 0.15) is 46.5 Å². The number of benzene rings is 4. The van der Waals surface area contributed by atoms with E-state index in [1.807, 2.05) is 98.8 Å². The molecule has 0 bridgehead atoms. The van der Waals surface area contributed by atoms with Crippen molar-refractivity contribution in [2.75, 3.05) is 13.7 Å². The van der Waals surface area contributed by atoms with Gasteiger partial charge in [0.15, 0.2) is 5.78 Å². The highest BCUT2D eigenvalue weighted by Gasteiger charge is 2.19. The van der Waals surface area contributed by atoms with Gasteiger partial charge in [0.25, 0.3) is 0 Å². The van der Waals surface area contributed by atoms with Gasteiger partial charge in [0.05, 0.1) is 6.61 Å². The van der Waals surface area contributed by atoms with Gasteiger partial charge in [-0.3, -0.25) is 9.63 Å². The van der Waals surface area contributed by atoms with Crippen LogP contribution in [0.5, 0.6) is 5.75 Å². The minimum absolute atomic E-state index is 0.0394. The molecule has 0 N–H and O–H groups in total. The summed E-state index contributed by atoms with van der Waals surface area (Å²) in [5.41, 5.74) is 6.14. The number of ether oxygens (including phenoxy) is 2. The molecule has 46 heavy (non-hydrogen) atoms. The van der Waals surface area contributed by atoms with Crippen molar-refractivity contribution in [3.63, 3.8) is 0 Å². The number of imidazole rings is 1. The highest BCUT2D eigenvalue weighted by molar-refractivity contribution is 6.19. The summed E-state index contributed by atoms with van der Waals surface area (Å²) in [6, 6.07) is 26.9. The zero-order valence-corrected chi connectivity index (χ0v) is 26.1. The Bertz CT molecular complexity index is 2060. The molecule has 0 spiro atoms. The van der Waals surface area contributed by atoms with E-state index in [9.17, 15) is 9.59 Å². The second kappa shape index (κ2) is 13.2. The zero-order valence-electron chi connectivity index (χ0n) is 26.1.